The molecule has 0 aliphatic heterocycles. The average Bonchev–Trinajstić information content (AvgIpc) is 2.49. The minimum Gasteiger partial charge on any atom is -0.497 e. The van der Waals surface area contributed by atoms with Gasteiger partial charge in [0.15, 0.2) is 5.43 Å². The van der Waals surface area contributed by atoms with Gasteiger partial charge in [-0.1, -0.05) is 12.1 Å². The zero-order valence-electron chi connectivity index (χ0n) is 11.7. The number of halogens is 1. The number of nitrogens with one attached hydrogen (secondary N) is 1. The van der Waals surface area contributed by atoms with E-state index in [1.807, 2.05) is 19.1 Å². The molecule has 1 aromatic heterocycles. The molecule has 0 saturated carbocycles. The predicted octanol–water partition coefficient (Wildman–Crippen LogP) is 3.65. The fraction of sp³-hybridized carbons (Fsp3) is 0.118. The normalized spacial score (nSPS) is 10.8. The lowest BCUT2D eigenvalue weighted by molar-refractivity contribution is 0.415. The molecule has 0 unspecified atom stereocenters. The summed E-state index contributed by atoms with van der Waals surface area (Å²) in [6.45, 7) is 1.84. The number of pyridine rings is 1. The smallest absolute Gasteiger partial charge is 0.197 e. The quantitative estimate of drug-likeness (QED) is 0.780. The second-order valence-corrected chi connectivity index (χ2v) is 4.87. The second-order valence-electron chi connectivity index (χ2n) is 4.87. The van der Waals surface area contributed by atoms with Gasteiger partial charge in [0.1, 0.15) is 11.6 Å². The maximum Gasteiger partial charge on any atom is 0.197 e. The molecule has 0 fully saturated rings. The van der Waals surface area contributed by atoms with Crippen molar-refractivity contribution in [2.75, 3.05) is 7.11 Å². The molecule has 1 N–H and O–H groups in total. The van der Waals surface area contributed by atoms with Gasteiger partial charge in [0.05, 0.1) is 7.11 Å². The van der Waals surface area contributed by atoms with E-state index in [1.165, 1.54) is 12.1 Å². The minimum atomic E-state index is -0.419. The predicted molar refractivity (Wildman–Crippen MR) is 81.3 cm³/mol. The molecule has 21 heavy (non-hydrogen) atoms. The highest BCUT2D eigenvalue weighted by Gasteiger charge is 2.12. The van der Waals surface area contributed by atoms with Crippen molar-refractivity contribution in [1.82, 2.24) is 4.98 Å². The number of ether oxygens (including phenoxy) is 1. The number of fused-ring (bicyclic) bond motifs is 1. The Morgan fingerprint density at radius 2 is 1.81 bits per heavy atom. The van der Waals surface area contributed by atoms with Gasteiger partial charge in [0.2, 0.25) is 0 Å². The van der Waals surface area contributed by atoms with Gasteiger partial charge in [-0.3, -0.25) is 4.79 Å². The summed E-state index contributed by atoms with van der Waals surface area (Å²) in [6.07, 6.45) is 0. The van der Waals surface area contributed by atoms with Crippen molar-refractivity contribution in [1.29, 1.82) is 0 Å². The van der Waals surface area contributed by atoms with Gasteiger partial charge in [-0.2, -0.15) is 0 Å². The van der Waals surface area contributed by atoms with E-state index in [-0.39, 0.29) is 5.43 Å². The number of hydrogen-bond acceptors (Lipinski definition) is 2. The van der Waals surface area contributed by atoms with E-state index in [0.717, 1.165) is 17.0 Å². The number of aromatic nitrogens is 1. The number of H-pyrrole nitrogens is 1. The Morgan fingerprint density at radius 1 is 1.10 bits per heavy atom. The van der Waals surface area contributed by atoms with Gasteiger partial charge in [0, 0.05) is 22.2 Å². The molecule has 0 atom stereocenters. The Kier molecular flexibility index (Phi) is 3.22. The first-order chi connectivity index (χ1) is 10.1. The van der Waals surface area contributed by atoms with Crippen molar-refractivity contribution in [2.45, 2.75) is 6.92 Å². The Labute approximate surface area is 121 Å². The Hall–Kier alpha value is -2.62. The van der Waals surface area contributed by atoms with Gasteiger partial charge < -0.3 is 9.72 Å². The van der Waals surface area contributed by atoms with Gasteiger partial charge in [-0.05, 0) is 42.8 Å². The molecule has 0 saturated heterocycles. The molecular formula is C17H14FNO2. The van der Waals surface area contributed by atoms with Gasteiger partial charge in [-0.25, -0.2) is 4.39 Å². The number of rotatable bonds is 2. The summed E-state index contributed by atoms with van der Waals surface area (Å²) in [7, 11) is 1.59. The maximum absolute atomic E-state index is 13.4. The van der Waals surface area contributed by atoms with E-state index >= 15 is 0 Å². The van der Waals surface area contributed by atoms with E-state index < -0.39 is 5.82 Å². The molecule has 0 radical (unpaired) electrons. The van der Waals surface area contributed by atoms with Gasteiger partial charge in [-0.15, -0.1) is 0 Å². The van der Waals surface area contributed by atoms with Crippen LogP contribution in [0.4, 0.5) is 4.39 Å². The van der Waals surface area contributed by atoms with Crippen LogP contribution < -0.4 is 10.2 Å². The van der Waals surface area contributed by atoms with Crippen LogP contribution >= 0.6 is 0 Å². The summed E-state index contributed by atoms with van der Waals surface area (Å²) in [4.78, 5) is 15.8. The van der Waals surface area contributed by atoms with Gasteiger partial charge in [0.25, 0.3) is 0 Å². The fourth-order valence-corrected chi connectivity index (χ4v) is 2.49. The molecule has 0 spiro atoms. The first kappa shape index (κ1) is 13.4. The van der Waals surface area contributed by atoms with E-state index in [4.69, 9.17) is 4.74 Å². The van der Waals surface area contributed by atoms with Crippen molar-refractivity contribution in [3.8, 4) is 16.9 Å². The summed E-state index contributed by atoms with van der Waals surface area (Å²) < 4.78 is 18.5. The number of methoxy groups -OCH3 is 1. The standard InChI is InChI=1S/C17H14FNO2/c1-10-16(11-3-6-13(21-2)7-4-11)17(20)14-9-12(18)5-8-15(14)19-10/h3-9H,1-2H3,(H,19,20). The van der Waals surface area contributed by atoms with Crippen molar-refractivity contribution in [2.24, 2.45) is 0 Å². The monoisotopic (exact) mass is 283 g/mol. The number of hydrogen-bond donors (Lipinski definition) is 1. The minimum absolute atomic E-state index is 0.175. The number of aryl methyl sites for hydroxylation is 1. The second kappa shape index (κ2) is 5.05. The molecule has 1 heterocycles. The van der Waals surface area contributed by atoms with Crippen molar-refractivity contribution >= 4 is 10.9 Å². The van der Waals surface area contributed by atoms with E-state index in [0.29, 0.717) is 16.5 Å². The first-order valence-corrected chi connectivity index (χ1v) is 6.56. The third-order valence-electron chi connectivity index (χ3n) is 3.53. The van der Waals surface area contributed by atoms with E-state index in [2.05, 4.69) is 4.98 Å². The molecule has 3 nitrogen and oxygen atoms in total. The summed E-state index contributed by atoms with van der Waals surface area (Å²) in [6, 6.07) is 11.4. The topological polar surface area (TPSA) is 42.1 Å². The van der Waals surface area contributed by atoms with Crippen LogP contribution in [0, 0.1) is 12.7 Å². The van der Waals surface area contributed by atoms with Crippen LogP contribution in [0.15, 0.2) is 47.3 Å². The molecule has 106 valence electrons. The highest BCUT2D eigenvalue weighted by atomic mass is 19.1. The Morgan fingerprint density at radius 3 is 2.48 bits per heavy atom. The van der Waals surface area contributed by atoms with E-state index in [1.54, 1.807) is 25.3 Å². The Bertz CT molecular complexity index is 866. The largest absolute Gasteiger partial charge is 0.497 e. The third-order valence-corrected chi connectivity index (χ3v) is 3.53. The van der Waals surface area contributed by atoms with Crippen molar-refractivity contribution in [3.05, 3.63) is 64.2 Å². The lowest BCUT2D eigenvalue weighted by Crippen LogP contribution is -2.09. The highest BCUT2D eigenvalue weighted by Crippen LogP contribution is 2.24. The van der Waals surface area contributed by atoms with Crippen LogP contribution in [0.3, 0.4) is 0 Å². The van der Waals surface area contributed by atoms with Crippen LogP contribution in [0.1, 0.15) is 5.69 Å². The van der Waals surface area contributed by atoms with Crippen molar-refractivity contribution in [3.63, 3.8) is 0 Å². The highest BCUT2D eigenvalue weighted by molar-refractivity contribution is 5.84. The summed E-state index contributed by atoms with van der Waals surface area (Å²) in [5.74, 6) is 0.303. The van der Waals surface area contributed by atoms with Crippen LogP contribution in [0.5, 0.6) is 5.75 Å². The molecule has 2 aromatic carbocycles. The zero-order chi connectivity index (χ0) is 15.0. The molecule has 3 aromatic rings. The Balaban J connectivity index is 2.28. The SMILES string of the molecule is COc1ccc(-c2c(C)[nH]c3ccc(F)cc3c2=O)cc1. The number of aromatic amines is 1. The molecule has 0 amide bonds. The van der Waals surface area contributed by atoms with Crippen LogP contribution in [-0.2, 0) is 0 Å². The summed E-state index contributed by atoms with van der Waals surface area (Å²) in [5, 5.41) is 0.353. The average molecular weight is 283 g/mol. The molecule has 0 aliphatic carbocycles. The fourth-order valence-electron chi connectivity index (χ4n) is 2.49. The maximum atomic E-state index is 13.4. The first-order valence-electron chi connectivity index (χ1n) is 6.56. The molecule has 0 bridgehead atoms. The molecular weight excluding hydrogens is 269 g/mol. The molecule has 0 aliphatic rings. The van der Waals surface area contributed by atoms with E-state index in [9.17, 15) is 9.18 Å². The summed E-state index contributed by atoms with van der Waals surface area (Å²) >= 11 is 0. The van der Waals surface area contributed by atoms with Crippen LogP contribution in [-0.4, -0.2) is 12.1 Å². The van der Waals surface area contributed by atoms with Crippen LogP contribution in [0.2, 0.25) is 0 Å². The zero-order valence-corrected chi connectivity index (χ0v) is 11.7. The lowest BCUT2D eigenvalue weighted by Gasteiger charge is -2.09. The molecule has 3 rings (SSSR count). The third kappa shape index (κ3) is 2.29. The lowest BCUT2D eigenvalue weighted by atomic mass is 10.0. The number of benzene rings is 2. The van der Waals surface area contributed by atoms with Crippen molar-refractivity contribution < 1.29 is 9.13 Å². The summed E-state index contributed by atoms with van der Waals surface area (Å²) in [5.41, 5.74) is 2.54. The molecule has 4 heteroatoms. The van der Waals surface area contributed by atoms with Crippen LogP contribution in [0.25, 0.3) is 22.0 Å². The van der Waals surface area contributed by atoms with Gasteiger partial charge >= 0.3 is 0 Å².